The van der Waals surface area contributed by atoms with Crippen LogP contribution in [0.1, 0.15) is 30.9 Å². The van der Waals surface area contributed by atoms with Crippen molar-refractivity contribution in [1.29, 1.82) is 0 Å². The van der Waals surface area contributed by atoms with E-state index in [1.165, 1.54) is 5.56 Å². The fourth-order valence-corrected chi connectivity index (χ4v) is 2.52. The Balaban J connectivity index is 2.38. The molecule has 0 aliphatic heterocycles. The third kappa shape index (κ3) is 1.95. The Hall–Kier alpha value is -1.37. The van der Waals surface area contributed by atoms with Gasteiger partial charge in [0.25, 0.3) is 0 Å². The summed E-state index contributed by atoms with van der Waals surface area (Å²) in [5, 5.41) is 0. The van der Waals surface area contributed by atoms with Gasteiger partial charge in [-0.05, 0) is 31.2 Å². The van der Waals surface area contributed by atoms with Crippen molar-refractivity contribution in [3.8, 4) is 0 Å². The number of aldehydes is 1. The van der Waals surface area contributed by atoms with Crippen LogP contribution in [-0.4, -0.2) is 6.29 Å². The molecular weight excluding hydrogens is 196 g/mol. The first kappa shape index (κ1) is 11.1. The third-order valence-corrected chi connectivity index (χ3v) is 3.49. The molecule has 0 amide bonds. The highest BCUT2D eigenvalue weighted by molar-refractivity contribution is 5.69. The zero-order valence-electron chi connectivity index (χ0n) is 9.94. The van der Waals surface area contributed by atoms with Gasteiger partial charge in [-0.3, -0.25) is 0 Å². The van der Waals surface area contributed by atoms with E-state index < -0.39 is 0 Å². The monoisotopic (exact) mass is 214 g/mol. The lowest BCUT2D eigenvalue weighted by Crippen LogP contribution is -2.31. The second-order valence-corrected chi connectivity index (χ2v) is 4.95. The second-order valence-electron chi connectivity index (χ2n) is 4.95. The van der Waals surface area contributed by atoms with Crippen molar-refractivity contribution in [2.45, 2.75) is 32.1 Å². The standard InChI is InChI=1S/C15H18O/c1-12-5-7-14(8-6-12)15(11-16)9-3-4-13(2)10-15/h3-8,11,13H,9-10H2,1-2H3/t13-,15+/m1/s1. The Morgan fingerprint density at radius 2 is 2.00 bits per heavy atom. The summed E-state index contributed by atoms with van der Waals surface area (Å²) < 4.78 is 0. The van der Waals surface area contributed by atoms with Gasteiger partial charge >= 0.3 is 0 Å². The summed E-state index contributed by atoms with van der Waals surface area (Å²) in [5.74, 6) is 0.486. The number of carbonyl (C=O) groups excluding carboxylic acids is 1. The minimum absolute atomic E-state index is 0.290. The molecule has 1 aliphatic carbocycles. The Kier molecular flexibility index (Phi) is 2.95. The predicted molar refractivity (Wildman–Crippen MR) is 66.5 cm³/mol. The molecule has 1 aliphatic rings. The van der Waals surface area contributed by atoms with Crippen molar-refractivity contribution in [3.05, 3.63) is 47.5 Å². The van der Waals surface area contributed by atoms with Crippen LogP contribution in [0.3, 0.4) is 0 Å². The van der Waals surface area contributed by atoms with Gasteiger partial charge in [-0.25, -0.2) is 0 Å². The fourth-order valence-electron chi connectivity index (χ4n) is 2.52. The summed E-state index contributed by atoms with van der Waals surface area (Å²) in [6.45, 7) is 4.24. The number of aryl methyl sites for hydroxylation is 1. The Morgan fingerprint density at radius 3 is 2.56 bits per heavy atom. The van der Waals surface area contributed by atoms with Crippen LogP contribution in [0.5, 0.6) is 0 Å². The molecule has 16 heavy (non-hydrogen) atoms. The summed E-state index contributed by atoms with van der Waals surface area (Å²) in [5.41, 5.74) is 2.11. The number of hydrogen-bond donors (Lipinski definition) is 0. The van der Waals surface area contributed by atoms with Crippen LogP contribution in [0.15, 0.2) is 36.4 Å². The highest BCUT2D eigenvalue weighted by Crippen LogP contribution is 2.37. The summed E-state index contributed by atoms with van der Waals surface area (Å²) in [4.78, 5) is 11.5. The van der Waals surface area contributed by atoms with Gasteiger partial charge in [0.05, 0.1) is 5.41 Å². The maximum absolute atomic E-state index is 11.5. The molecule has 0 radical (unpaired) electrons. The molecule has 0 fully saturated rings. The van der Waals surface area contributed by atoms with Crippen molar-refractivity contribution in [1.82, 2.24) is 0 Å². The molecular formula is C15H18O. The van der Waals surface area contributed by atoms with Crippen molar-refractivity contribution >= 4 is 6.29 Å². The summed E-state index contributed by atoms with van der Waals surface area (Å²) in [6.07, 6.45) is 7.25. The average Bonchev–Trinajstić information content (AvgIpc) is 2.29. The minimum Gasteiger partial charge on any atom is -0.302 e. The van der Waals surface area contributed by atoms with E-state index in [-0.39, 0.29) is 5.41 Å². The molecule has 0 spiro atoms. The molecule has 0 N–H and O–H groups in total. The zero-order valence-corrected chi connectivity index (χ0v) is 9.94. The lowest BCUT2D eigenvalue weighted by molar-refractivity contribution is -0.113. The SMILES string of the molecule is Cc1ccc([C@@]2(C=O)CC=C[C@@H](C)C2)cc1. The average molecular weight is 214 g/mol. The fraction of sp³-hybridized carbons (Fsp3) is 0.400. The maximum Gasteiger partial charge on any atom is 0.130 e. The quantitative estimate of drug-likeness (QED) is 0.544. The number of benzene rings is 1. The smallest absolute Gasteiger partial charge is 0.130 e. The molecule has 2 atom stereocenters. The van der Waals surface area contributed by atoms with Crippen LogP contribution in [0, 0.1) is 12.8 Å². The van der Waals surface area contributed by atoms with E-state index in [4.69, 9.17) is 0 Å². The zero-order chi connectivity index (χ0) is 11.6. The van der Waals surface area contributed by atoms with Gasteiger partial charge in [0.2, 0.25) is 0 Å². The van der Waals surface area contributed by atoms with Crippen LogP contribution in [0.25, 0.3) is 0 Å². The van der Waals surface area contributed by atoms with Gasteiger partial charge in [-0.2, -0.15) is 0 Å². The van der Waals surface area contributed by atoms with E-state index >= 15 is 0 Å². The van der Waals surface area contributed by atoms with Crippen LogP contribution in [0.4, 0.5) is 0 Å². The number of allylic oxidation sites excluding steroid dienone is 2. The molecule has 0 saturated carbocycles. The van der Waals surface area contributed by atoms with E-state index in [1.807, 2.05) is 0 Å². The second kappa shape index (κ2) is 4.25. The van der Waals surface area contributed by atoms with E-state index in [0.29, 0.717) is 5.92 Å². The summed E-state index contributed by atoms with van der Waals surface area (Å²) in [6, 6.07) is 8.36. The van der Waals surface area contributed by atoms with Gasteiger partial charge in [0.15, 0.2) is 0 Å². The lowest BCUT2D eigenvalue weighted by Gasteiger charge is -2.32. The van der Waals surface area contributed by atoms with Crippen molar-refractivity contribution in [2.75, 3.05) is 0 Å². The number of carbonyl (C=O) groups is 1. The highest BCUT2D eigenvalue weighted by Gasteiger charge is 2.34. The normalized spacial score (nSPS) is 29.0. The first-order chi connectivity index (χ1) is 7.66. The molecule has 0 saturated heterocycles. The highest BCUT2D eigenvalue weighted by atomic mass is 16.1. The van der Waals surface area contributed by atoms with E-state index in [9.17, 15) is 4.79 Å². The van der Waals surface area contributed by atoms with Crippen molar-refractivity contribution in [2.24, 2.45) is 5.92 Å². The molecule has 1 heteroatoms. The Labute approximate surface area is 97.2 Å². The van der Waals surface area contributed by atoms with Crippen molar-refractivity contribution < 1.29 is 4.79 Å². The Bertz CT molecular complexity index is 402. The van der Waals surface area contributed by atoms with Gasteiger partial charge < -0.3 is 4.79 Å². The molecule has 1 aromatic carbocycles. The molecule has 0 aromatic heterocycles. The topological polar surface area (TPSA) is 17.1 Å². The van der Waals surface area contributed by atoms with E-state index in [0.717, 1.165) is 24.7 Å². The van der Waals surface area contributed by atoms with Crippen LogP contribution in [0.2, 0.25) is 0 Å². The van der Waals surface area contributed by atoms with Crippen LogP contribution in [-0.2, 0) is 10.2 Å². The van der Waals surface area contributed by atoms with Gasteiger partial charge in [0.1, 0.15) is 6.29 Å². The van der Waals surface area contributed by atoms with E-state index in [1.54, 1.807) is 0 Å². The van der Waals surface area contributed by atoms with Gasteiger partial charge in [-0.15, -0.1) is 0 Å². The van der Waals surface area contributed by atoms with Gasteiger partial charge in [0, 0.05) is 0 Å². The number of hydrogen-bond acceptors (Lipinski definition) is 1. The van der Waals surface area contributed by atoms with Gasteiger partial charge in [-0.1, -0.05) is 48.9 Å². The van der Waals surface area contributed by atoms with E-state index in [2.05, 4.69) is 50.3 Å². The molecule has 84 valence electrons. The first-order valence-corrected chi connectivity index (χ1v) is 5.86. The first-order valence-electron chi connectivity index (χ1n) is 5.86. The molecule has 2 rings (SSSR count). The third-order valence-electron chi connectivity index (χ3n) is 3.49. The van der Waals surface area contributed by atoms with Crippen LogP contribution < -0.4 is 0 Å². The lowest BCUT2D eigenvalue weighted by atomic mass is 9.70. The largest absolute Gasteiger partial charge is 0.302 e. The Morgan fingerprint density at radius 1 is 1.31 bits per heavy atom. The summed E-state index contributed by atoms with van der Waals surface area (Å²) >= 11 is 0. The number of rotatable bonds is 2. The molecule has 0 heterocycles. The molecule has 1 nitrogen and oxygen atoms in total. The molecule has 1 aromatic rings. The van der Waals surface area contributed by atoms with Crippen LogP contribution >= 0.6 is 0 Å². The maximum atomic E-state index is 11.5. The molecule has 0 unspecified atom stereocenters. The predicted octanol–water partition coefficient (Wildman–Crippen LogP) is 3.42. The summed E-state index contributed by atoms with van der Waals surface area (Å²) in [7, 11) is 0. The minimum atomic E-state index is -0.290. The van der Waals surface area contributed by atoms with Crippen molar-refractivity contribution in [3.63, 3.8) is 0 Å². The molecule has 0 bridgehead atoms.